The molecule has 0 fully saturated rings. The number of nitrogens with one attached hydrogen (secondary N) is 2. The van der Waals surface area contributed by atoms with Crippen LogP contribution in [-0.2, 0) is 10.0 Å². The molecule has 2 aromatic heterocycles. The largest absolute Gasteiger partial charge is 0.367 e. The molecule has 0 saturated carbocycles. The maximum absolute atomic E-state index is 12.7. The summed E-state index contributed by atoms with van der Waals surface area (Å²) in [5, 5.41) is 17.4. The number of rotatable bonds is 7. The topological polar surface area (TPSA) is 102 Å². The number of benzene rings is 2. The van der Waals surface area contributed by atoms with E-state index in [1.54, 1.807) is 22.9 Å². The molecule has 0 bridgehead atoms. The third-order valence-electron chi connectivity index (χ3n) is 4.64. The fraction of sp³-hybridized carbons (Fsp3) is 0.190. The van der Waals surface area contributed by atoms with E-state index in [1.807, 2.05) is 56.3 Å². The molecule has 0 aliphatic rings. The van der Waals surface area contributed by atoms with Gasteiger partial charge in [-0.15, -0.1) is 10.2 Å². The predicted molar refractivity (Wildman–Crippen MR) is 116 cm³/mol. The van der Waals surface area contributed by atoms with Crippen molar-refractivity contribution in [1.82, 2.24) is 24.7 Å². The van der Waals surface area contributed by atoms with E-state index in [2.05, 4.69) is 25.3 Å². The summed E-state index contributed by atoms with van der Waals surface area (Å²) in [7, 11) is -3.62. The molecular formula is C21H22N6O2S. The van der Waals surface area contributed by atoms with Crippen LogP contribution in [0.25, 0.3) is 16.6 Å². The molecule has 30 heavy (non-hydrogen) atoms. The van der Waals surface area contributed by atoms with E-state index in [-0.39, 0.29) is 11.4 Å². The summed E-state index contributed by atoms with van der Waals surface area (Å²) in [6.07, 6.45) is 0. The van der Waals surface area contributed by atoms with E-state index in [0.717, 1.165) is 16.8 Å². The summed E-state index contributed by atoms with van der Waals surface area (Å²) >= 11 is 0. The Morgan fingerprint density at radius 1 is 0.933 bits per heavy atom. The van der Waals surface area contributed by atoms with Crippen LogP contribution in [0.15, 0.2) is 65.6 Å². The van der Waals surface area contributed by atoms with Crippen molar-refractivity contribution in [3.8, 4) is 5.82 Å². The van der Waals surface area contributed by atoms with E-state index in [1.165, 1.54) is 0 Å². The Balaban J connectivity index is 1.37. The lowest BCUT2D eigenvalue weighted by molar-refractivity contribution is 0.584. The molecule has 2 N–H and O–H groups in total. The summed E-state index contributed by atoms with van der Waals surface area (Å²) in [5.74, 6) is 1.19. The van der Waals surface area contributed by atoms with Gasteiger partial charge in [-0.1, -0.05) is 36.4 Å². The van der Waals surface area contributed by atoms with E-state index < -0.39 is 10.0 Å². The van der Waals surface area contributed by atoms with Gasteiger partial charge in [-0.2, -0.15) is 5.10 Å². The zero-order valence-corrected chi connectivity index (χ0v) is 17.5. The SMILES string of the molecule is Cc1cc(C)n(-c2ccc(NCCNS(=O)(=O)c3cccc4ccccc34)nn2)n1. The molecule has 0 atom stereocenters. The van der Waals surface area contributed by atoms with E-state index in [4.69, 9.17) is 0 Å². The van der Waals surface area contributed by atoms with Gasteiger partial charge in [-0.3, -0.25) is 0 Å². The van der Waals surface area contributed by atoms with E-state index in [0.29, 0.717) is 23.6 Å². The zero-order chi connectivity index (χ0) is 21.1. The van der Waals surface area contributed by atoms with Gasteiger partial charge >= 0.3 is 0 Å². The number of aryl methyl sites for hydroxylation is 2. The number of anilines is 1. The number of fused-ring (bicyclic) bond motifs is 1. The Morgan fingerprint density at radius 2 is 1.73 bits per heavy atom. The summed E-state index contributed by atoms with van der Waals surface area (Å²) in [6, 6.07) is 18.2. The van der Waals surface area contributed by atoms with Gasteiger partial charge in [0.1, 0.15) is 5.82 Å². The smallest absolute Gasteiger partial charge is 0.241 e. The molecule has 2 heterocycles. The van der Waals surface area contributed by atoms with Crippen molar-refractivity contribution >= 4 is 26.6 Å². The molecule has 0 aliphatic carbocycles. The van der Waals surface area contributed by atoms with Crippen LogP contribution >= 0.6 is 0 Å². The first-order chi connectivity index (χ1) is 14.4. The zero-order valence-electron chi connectivity index (χ0n) is 16.7. The molecule has 4 aromatic rings. The monoisotopic (exact) mass is 422 g/mol. The number of hydrogen-bond donors (Lipinski definition) is 2. The lowest BCUT2D eigenvalue weighted by Gasteiger charge is -2.10. The van der Waals surface area contributed by atoms with Crippen molar-refractivity contribution in [2.24, 2.45) is 0 Å². The number of aromatic nitrogens is 4. The maximum atomic E-state index is 12.7. The molecule has 8 nitrogen and oxygen atoms in total. The molecule has 0 aliphatic heterocycles. The van der Waals surface area contributed by atoms with Gasteiger partial charge < -0.3 is 5.32 Å². The summed E-state index contributed by atoms with van der Waals surface area (Å²) in [5.41, 5.74) is 1.89. The van der Waals surface area contributed by atoms with Gasteiger partial charge in [-0.25, -0.2) is 17.8 Å². The van der Waals surface area contributed by atoms with Gasteiger partial charge in [0.2, 0.25) is 10.0 Å². The lowest BCUT2D eigenvalue weighted by Crippen LogP contribution is -2.29. The van der Waals surface area contributed by atoms with Crippen LogP contribution < -0.4 is 10.0 Å². The molecule has 0 amide bonds. The quantitative estimate of drug-likeness (QED) is 0.444. The molecular weight excluding hydrogens is 400 g/mol. The number of nitrogens with zero attached hydrogens (tertiary/aromatic N) is 4. The fourth-order valence-electron chi connectivity index (χ4n) is 3.28. The Labute approximate surface area is 175 Å². The Hall–Kier alpha value is -3.30. The Bertz CT molecular complexity index is 1280. The minimum atomic E-state index is -3.62. The third-order valence-corrected chi connectivity index (χ3v) is 6.16. The van der Waals surface area contributed by atoms with Gasteiger partial charge in [0.25, 0.3) is 0 Å². The van der Waals surface area contributed by atoms with Crippen LogP contribution in [-0.4, -0.2) is 41.5 Å². The normalized spacial score (nSPS) is 11.7. The van der Waals surface area contributed by atoms with Crippen molar-refractivity contribution in [1.29, 1.82) is 0 Å². The first-order valence-corrected chi connectivity index (χ1v) is 11.0. The minimum Gasteiger partial charge on any atom is -0.367 e. The summed E-state index contributed by atoms with van der Waals surface area (Å²) < 4.78 is 29.8. The fourth-order valence-corrected chi connectivity index (χ4v) is 4.54. The highest BCUT2D eigenvalue weighted by molar-refractivity contribution is 7.89. The first kappa shape index (κ1) is 20.0. The van der Waals surface area contributed by atoms with Gasteiger partial charge in [-0.05, 0) is 43.5 Å². The van der Waals surface area contributed by atoms with Crippen molar-refractivity contribution < 1.29 is 8.42 Å². The molecule has 2 aromatic carbocycles. The second-order valence-electron chi connectivity index (χ2n) is 6.92. The molecule has 0 spiro atoms. The van der Waals surface area contributed by atoms with Crippen LogP contribution in [0.3, 0.4) is 0 Å². The summed E-state index contributed by atoms with van der Waals surface area (Å²) in [6.45, 7) is 4.46. The van der Waals surface area contributed by atoms with E-state index >= 15 is 0 Å². The molecule has 9 heteroatoms. The lowest BCUT2D eigenvalue weighted by atomic mass is 10.1. The van der Waals surface area contributed by atoms with Crippen molar-refractivity contribution in [2.45, 2.75) is 18.7 Å². The molecule has 0 radical (unpaired) electrons. The average molecular weight is 423 g/mol. The Morgan fingerprint density at radius 3 is 2.47 bits per heavy atom. The van der Waals surface area contributed by atoms with Crippen LogP contribution in [0.1, 0.15) is 11.4 Å². The van der Waals surface area contributed by atoms with Crippen molar-refractivity contribution in [3.05, 3.63) is 72.1 Å². The van der Waals surface area contributed by atoms with Crippen LogP contribution in [0.5, 0.6) is 0 Å². The highest BCUT2D eigenvalue weighted by atomic mass is 32.2. The van der Waals surface area contributed by atoms with Gasteiger partial charge in [0.15, 0.2) is 5.82 Å². The van der Waals surface area contributed by atoms with Crippen molar-refractivity contribution in [3.63, 3.8) is 0 Å². The minimum absolute atomic E-state index is 0.215. The average Bonchev–Trinajstić information content (AvgIpc) is 3.09. The molecule has 154 valence electrons. The molecule has 0 unspecified atom stereocenters. The maximum Gasteiger partial charge on any atom is 0.241 e. The Kier molecular flexibility index (Phi) is 5.47. The van der Waals surface area contributed by atoms with E-state index in [9.17, 15) is 8.42 Å². The third kappa shape index (κ3) is 4.17. The standard InChI is InChI=1S/C21H22N6O2S/c1-15-14-16(2)27(26-15)21-11-10-20(24-25-21)22-12-13-23-30(28,29)19-9-5-7-17-6-3-4-8-18(17)19/h3-11,14,23H,12-13H2,1-2H3,(H,22,24). The van der Waals surface area contributed by atoms with Crippen LogP contribution in [0.4, 0.5) is 5.82 Å². The second kappa shape index (κ2) is 8.21. The van der Waals surface area contributed by atoms with Crippen LogP contribution in [0.2, 0.25) is 0 Å². The second-order valence-corrected chi connectivity index (χ2v) is 8.65. The first-order valence-electron chi connectivity index (χ1n) is 9.53. The molecule has 0 saturated heterocycles. The summed E-state index contributed by atoms with van der Waals surface area (Å²) in [4.78, 5) is 0.273. The van der Waals surface area contributed by atoms with Gasteiger partial charge in [0.05, 0.1) is 10.6 Å². The predicted octanol–water partition coefficient (Wildman–Crippen LogP) is 2.82. The van der Waals surface area contributed by atoms with Crippen molar-refractivity contribution in [2.75, 3.05) is 18.4 Å². The highest BCUT2D eigenvalue weighted by Gasteiger charge is 2.16. The highest BCUT2D eigenvalue weighted by Crippen LogP contribution is 2.22. The number of sulfonamides is 1. The molecule has 4 rings (SSSR count). The van der Waals surface area contributed by atoms with Gasteiger partial charge in [0, 0.05) is 24.2 Å². The van der Waals surface area contributed by atoms with Crippen LogP contribution in [0, 0.1) is 13.8 Å². The number of hydrogen-bond acceptors (Lipinski definition) is 6.